The molecule has 3 rings (SSSR count). The van der Waals surface area contributed by atoms with Crippen LogP contribution >= 0.6 is 12.2 Å². The number of aromatic nitrogens is 2. The van der Waals surface area contributed by atoms with Crippen molar-refractivity contribution in [2.75, 3.05) is 31.3 Å². The molecule has 1 N–H and O–H groups in total. The van der Waals surface area contributed by atoms with Gasteiger partial charge >= 0.3 is 0 Å². The van der Waals surface area contributed by atoms with Crippen molar-refractivity contribution in [3.05, 3.63) is 23.0 Å². The van der Waals surface area contributed by atoms with Crippen molar-refractivity contribution in [1.29, 1.82) is 0 Å². The molecule has 0 saturated carbocycles. The number of hydrogen-bond donors (Lipinski definition) is 1. The summed E-state index contributed by atoms with van der Waals surface area (Å²) in [5, 5.41) is 2.21. The van der Waals surface area contributed by atoms with E-state index in [1.807, 2.05) is 26.0 Å². The van der Waals surface area contributed by atoms with Crippen LogP contribution in [0.3, 0.4) is 0 Å². The molecule has 20 heavy (non-hydrogen) atoms. The number of ether oxygens (including phenoxy) is 2. The van der Waals surface area contributed by atoms with Gasteiger partial charge in [-0.2, -0.15) is 0 Å². The van der Waals surface area contributed by atoms with Crippen LogP contribution in [0.5, 0.6) is 5.75 Å². The standard InChI is InChI=1S/C14H19N3O2S/c1-10(2)19-12-5-3-4-11-13(12)15-14(20)17(11)16-6-8-18-9-7-16/h3-5,10H,6-9H2,1-2H3,(H,15,20). The maximum atomic E-state index is 5.85. The molecule has 2 aromatic rings. The Morgan fingerprint density at radius 1 is 1.30 bits per heavy atom. The van der Waals surface area contributed by atoms with Gasteiger partial charge in [0.05, 0.1) is 37.9 Å². The number of benzene rings is 1. The number of H-pyrrole nitrogens is 1. The normalized spacial score (nSPS) is 16.1. The molecule has 5 nitrogen and oxygen atoms in total. The number of para-hydroxylation sites is 1. The van der Waals surface area contributed by atoms with Gasteiger partial charge in [-0.15, -0.1) is 0 Å². The zero-order valence-corrected chi connectivity index (χ0v) is 12.6. The van der Waals surface area contributed by atoms with Gasteiger partial charge in [0, 0.05) is 0 Å². The summed E-state index contributed by atoms with van der Waals surface area (Å²) in [4.78, 5) is 3.27. The van der Waals surface area contributed by atoms with E-state index in [0.29, 0.717) is 4.77 Å². The van der Waals surface area contributed by atoms with Gasteiger partial charge in [-0.05, 0) is 38.2 Å². The van der Waals surface area contributed by atoms with E-state index in [2.05, 4.69) is 20.7 Å². The Morgan fingerprint density at radius 2 is 2.05 bits per heavy atom. The maximum absolute atomic E-state index is 5.85. The Balaban J connectivity index is 2.09. The lowest BCUT2D eigenvalue weighted by Gasteiger charge is -2.29. The fraction of sp³-hybridized carbons (Fsp3) is 0.500. The molecule has 0 amide bonds. The first-order valence-corrected chi connectivity index (χ1v) is 7.31. The summed E-state index contributed by atoms with van der Waals surface area (Å²) in [6.45, 7) is 7.19. The smallest absolute Gasteiger partial charge is 0.197 e. The van der Waals surface area contributed by atoms with E-state index in [0.717, 1.165) is 43.1 Å². The zero-order chi connectivity index (χ0) is 14.1. The minimum absolute atomic E-state index is 0.134. The van der Waals surface area contributed by atoms with Crippen molar-refractivity contribution in [3.8, 4) is 5.75 Å². The predicted octanol–water partition coefficient (Wildman–Crippen LogP) is 2.45. The molecular weight excluding hydrogens is 274 g/mol. The topological polar surface area (TPSA) is 42.4 Å². The third-order valence-electron chi connectivity index (χ3n) is 3.29. The van der Waals surface area contributed by atoms with E-state index in [1.54, 1.807) is 0 Å². The van der Waals surface area contributed by atoms with Gasteiger partial charge in [-0.25, -0.2) is 4.68 Å². The van der Waals surface area contributed by atoms with E-state index >= 15 is 0 Å². The third-order valence-corrected chi connectivity index (χ3v) is 3.56. The van der Waals surface area contributed by atoms with Crippen molar-refractivity contribution in [2.24, 2.45) is 0 Å². The van der Waals surface area contributed by atoms with E-state index < -0.39 is 0 Å². The summed E-state index contributed by atoms with van der Waals surface area (Å²) >= 11 is 5.48. The summed E-state index contributed by atoms with van der Waals surface area (Å²) < 4.78 is 14.0. The number of aromatic amines is 1. The third kappa shape index (κ3) is 2.41. The van der Waals surface area contributed by atoms with Crippen LogP contribution in [0.25, 0.3) is 11.0 Å². The highest BCUT2D eigenvalue weighted by atomic mass is 32.1. The lowest BCUT2D eigenvalue weighted by atomic mass is 10.3. The molecule has 0 aliphatic carbocycles. The lowest BCUT2D eigenvalue weighted by molar-refractivity contribution is 0.111. The van der Waals surface area contributed by atoms with Crippen molar-refractivity contribution in [2.45, 2.75) is 20.0 Å². The number of morpholine rings is 1. The maximum Gasteiger partial charge on any atom is 0.197 e. The summed E-state index contributed by atoms with van der Waals surface area (Å²) in [5.41, 5.74) is 2.01. The van der Waals surface area contributed by atoms with Crippen molar-refractivity contribution >= 4 is 23.3 Å². The number of rotatable bonds is 3. The molecule has 2 heterocycles. The summed E-state index contributed by atoms with van der Waals surface area (Å²) in [7, 11) is 0. The van der Waals surface area contributed by atoms with Crippen LogP contribution in [0.15, 0.2) is 18.2 Å². The number of nitrogens with zero attached hydrogens (tertiary/aromatic N) is 2. The number of nitrogens with one attached hydrogen (secondary N) is 1. The lowest BCUT2D eigenvalue weighted by Crippen LogP contribution is -2.43. The summed E-state index contributed by atoms with van der Waals surface area (Å²) in [6, 6.07) is 6.03. The fourth-order valence-electron chi connectivity index (χ4n) is 2.48. The van der Waals surface area contributed by atoms with Crippen LogP contribution < -0.4 is 9.75 Å². The Bertz CT molecular complexity index is 656. The molecule has 0 spiro atoms. The van der Waals surface area contributed by atoms with Gasteiger partial charge in [0.1, 0.15) is 11.3 Å². The molecule has 0 unspecified atom stereocenters. The van der Waals surface area contributed by atoms with E-state index in [1.165, 1.54) is 0 Å². The van der Waals surface area contributed by atoms with Crippen molar-refractivity contribution in [3.63, 3.8) is 0 Å². The van der Waals surface area contributed by atoms with Gasteiger partial charge in [0.25, 0.3) is 0 Å². The molecule has 1 aliphatic rings. The fourth-order valence-corrected chi connectivity index (χ4v) is 2.79. The highest BCUT2D eigenvalue weighted by Gasteiger charge is 2.17. The van der Waals surface area contributed by atoms with Gasteiger partial charge in [0.2, 0.25) is 0 Å². The average Bonchev–Trinajstić information content (AvgIpc) is 2.76. The Morgan fingerprint density at radius 3 is 2.75 bits per heavy atom. The first-order valence-electron chi connectivity index (χ1n) is 6.90. The van der Waals surface area contributed by atoms with Gasteiger partial charge < -0.3 is 19.5 Å². The molecule has 1 fully saturated rings. The predicted molar refractivity (Wildman–Crippen MR) is 81.7 cm³/mol. The summed E-state index contributed by atoms with van der Waals surface area (Å²) in [6.07, 6.45) is 0.134. The average molecular weight is 293 g/mol. The van der Waals surface area contributed by atoms with Crippen LogP contribution in [-0.2, 0) is 4.74 Å². The molecule has 0 bridgehead atoms. The quantitative estimate of drug-likeness (QED) is 0.883. The Labute approximate surface area is 123 Å². The first kappa shape index (κ1) is 13.5. The molecule has 1 saturated heterocycles. The van der Waals surface area contributed by atoms with E-state index in [-0.39, 0.29) is 6.10 Å². The van der Waals surface area contributed by atoms with E-state index in [9.17, 15) is 0 Å². The molecule has 0 radical (unpaired) electrons. The Hall–Kier alpha value is -1.53. The number of fused-ring (bicyclic) bond motifs is 1. The first-order chi connectivity index (χ1) is 9.66. The zero-order valence-electron chi connectivity index (χ0n) is 11.8. The van der Waals surface area contributed by atoms with Crippen LogP contribution in [0.2, 0.25) is 0 Å². The molecule has 6 heteroatoms. The van der Waals surface area contributed by atoms with Crippen molar-refractivity contribution < 1.29 is 9.47 Å². The second-order valence-electron chi connectivity index (χ2n) is 5.12. The van der Waals surface area contributed by atoms with Gasteiger partial charge in [-0.3, -0.25) is 0 Å². The largest absolute Gasteiger partial charge is 0.489 e. The van der Waals surface area contributed by atoms with Crippen LogP contribution in [-0.4, -0.2) is 42.1 Å². The minimum Gasteiger partial charge on any atom is -0.489 e. The molecule has 108 valence electrons. The van der Waals surface area contributed by atoms with Crippen LogP contribution in [0.1, 0.15) is 13.8 Å². The number of hydrogen-bond acceptors (Lipinski definition) is 4. The van der Waals surface area contributed by atoms with Crippen molar-refractivity contribution in [1.82, 2.24) is 9.66 Å². The highest BCUT2D eigenvalue weighted by molar-refractivity contribution is 7.71. The molecule has 0 atom stereocenters. The molecule has 1 aromatic heterocycles. The molecule has 1 aromatic carbocycles. The van der Waals surface area contributed by atoms with Crippen LogP contribution in [0, 0.1) is 4.77 Å². The second kappa shape index (κ2) is 5.46. The second-order valence-corrected chi connectivity index (χ2v) is 5.51. The monoisotopic (exact) mass is 293 g/mol. The Kier molecular flexibility index (Phi) is 3.67. The highest BCUT2D eigenvalue weighted by Crippen LogP contribution is 2.26. The SMILES string of the molecule is CC(C)Oc1cccc2c1[nH]c(=S)n2N1CCOCC1. The van der Waals surface area contributed by atoms with E-state index in [4.69, 9.17) is 21.7 Å². The summed E-state index contributed by atoms with van der Waals surface area (Å²) in [5.74, 6) is 0.843. The minimum atomic E-state index is 0.134. The molecular formula is C14H19N3O2S. The van der Waals surface area contributed by atoms with Gasteiger partial charge in [-0.1, -0.05) is 6.07 Å². The van der Waals surface area contributed by atoms with Gasteiger partial charge in [0.15, 0.2) is 4.77 Å². The number of imidazole rings is 1. The molecule has 1 aliphatic heterocycles. The van der Waals surface area contributed by atoms with Crippen LogP contribution in [0.4, 0.5) is 0 Å².